The van der Waals surface area contributed by atoms with Crippen molar-refractivity contribution in [2.75, 3.05) is 37.4 Å². The summed E-state index contributed by atoms with van der Waals surface area (Å²) in [5, 5.41) is 8.55. The Bertz CT molecular complexity index is 1290. The maximum Gasteiger partial charge on any atom is 0.416 e. The van der Waals surface area contributed by atoms with Crippen LogP contribution in [0.25, 0.3) is 0 Å². The van der Waals surface area contributed by atoms with Crippen molar-refractivity contribution in [3.8, 4) is 17.4 Å². The summed E-state index contributed by atoms with van der Waals surface area (Å²) in [4.78, 5) is 21.3. The molecular formula is C27H31ClF3N5O3. The van der Waals surface area contributed by atoms with Crippen LogP contribution in [0.3, 0.4) is 0 Å². The first-order valence-electron chi connectivity index (χ1n) is 12.4. The molecule has 1 amide bonds. The van der Waals surface area contributed by atoms with Crippen LogP contribution in [0.4, 0.5) is 24.5 Å². The molecule has 0 aliphatic heterocycles. The Morgan fingerprint density at radius 2 is 1.85 bits per heavy atom. The van der Waals surface area contributed by atoms with Crippen LogP contribution in [0.5, 0.6) is 17.4 Å². The van der Waals surface area contributed by atoms with E-state index in [1.165, 1.54) is 30.6 Å². The second-order valence-electron chi connectivity index (χ2n) is 8.95. The van der Waals surface area contributed by atoms with E-state index >= 15 is 0 Å². The average Bonchev–Trinajstić information content (AvgIpc) is 2.89. The summed E-state index contributed by atoms with van der Waals surface area (Å²) < 4.78 is 52.2. The lowest BCUT2D eigenvalue weighted by Gasteiger charge is -2.16. The minimum atomic E-state index is -4.59. The van der Waals surface area contributed by atoms with E-state index in [1.54, 1.807) is 14.0 Å². The Balaban J connectivity index is 1.85. The minimum Gasteiger partial charge on any atom is -0.486 e. The van der Waals surface area contributed by atoms with Gasteiger partial charge < -0.3 is 25.4 Å². The maximum atomic E-state index is 13.5. The van der Waals surface area contributed by atoms with Crippen LogP contribution in [-0.4, -0.2) is 42.6 Å². The van der Waals surface area contributed by atoms with Crippen LogP contribution in [0.15, 0.2) is 42.7 Å². The van der Waals surface area contributed by atoms with E-state index in [1.807, 2.05) is 6.92 Å². The molecule has 0 fully saturated rings. The Morgan fingerprint density at radius 1 is 1.10 bits per heavy atom. The number of likely N-dealkylation sites (N-methyl/N-ethyl adjacent to an activating group) is 1. The number of benzene rings is 2. The number of carbonyl (C=O) groups excluding carboxylic acids is 1. The zero-order valence-corrected chi connectivity index (χ0v) is 22.8. The minimum absolute atomic E-state index is 0.0219. The molecule has 0 saturated carbocycles. The summed E-state index contributed by atoms with van der Waals surface area (Å²) in [7, 11) is 1.73. The van der Waals surface area contributed by atoms with Gasteiger partial charge in [0.2, 0.25) is 5.75 Å². The van der Waals surface area contributed by atoms with Gasteiger partial charge in [-0.15, -0.1) is 0 Å². The van der Waals surface area contributed by atoms with Gasteiger partial charge in [0, 0.05) is 30.0 Å². The number of hydrogen-bond acceptors (Lipinski definition) is 7. The van der Waals surface area contributed by atoms with Crippen LogP contribution in [0.2, 0.25) is 5.02 Å². The van der Waals surface area contributed by atoms with Crippen molar-refractivity contribution >= 4 is 28.9 Å². The molecule has 210 valence electrons. The normalized spacial score (nSPS) is 12.1. The van der Waals surface area contributed by atoms with E-state index in [2.05, 4.69) is 32.8 Å². The monoisotopic (exact) mass is 565 g/mol. The number of nitrogens with zero attached hydrogens (tertiary/aromatic N) is 2. The van der Waals surface area contributed by atoms with Gasteiger partial charge in [0.15, 0.2) is 0 Å². The van der Waals surface area contributed by atoms with Crippen LogP contribution in [-0.2, 0) is 6.18 Å². The molecule has 2 aromatic carbocycles. The van der Waals surface area contributed by atoms with Gasteiger partial charge in [-0.25, -0.2) is 4.98 Å². The fourth-order valence-corrected chi connectivity index (χ4v) is 3.51. The van der Waals surface area contributed by atoms with Crippen molar-refractivity contribution in [3.05, 3.63) is 64.6 Å². The molecular weight excluding hydrogens is 535 g/mol. The van der Waals surface area contributed by atoms with E-state index in [0.29, 0.717) is 37.1 Å². The van der Waals surface area contributed by atoms with E-state index < -0.39 is 17.6 Å². The molecule has 3 N–H and O–H groups in total. The van der Waals surface area contributed by atoms with Crippen molar-refractivity contribution in [1.29, 1.82) is 0 Å². The highest BCUT2D eigenvalue weighted by molar-refractivity contribution is 6.32. The highest BCUT2D eigenvalue weighted by atomic mass is 35.5. The van der Waals surface area contributed by atoms with Crippen LogP contribution >= 0.6 is 11.6 Å². The Morgan fingerprint density at radius 3 is 2.54 bits per heavy atom. The third kappa shape index (κ3) is 8.46. The topological polar surface area (TPSA) is 97.4 Å². The lowest BCUT2D eigenvalue weighted by molar-refractivity contribution is -0.137. The van der Waals surface area contributed by atoms with Gasteiger partial charge in [0.25, 0.3) is 11.8 Å². The summed E-state index contributed by atoms with van der Waals surface area (Å²) in [5.41, 5.74) is -0.0105. The molecule has 0 unspecified atom stereocenters. The molecule has 1 heterocycles. The molecule has 0 saturated heterocycles. The first-order valence-corrected chi connectivity index (χ1v) is 12.7. The smallest absolute Gasteiger partial charge is 0.416 e. The quantitative estimate of drug-likeness (QED) is 0.214. The zero-order chi connectivity index (χ0) is 28.6. The standard InChI is InChI=1S/C27H31ClF3N5O3/c1-5-16(2)14-38-24-17(3)34-15-35-26(24)39-23-10-18(6-7-22(23)28)25(37)36-21-12-19(27(29,30)31)11-20(13-21)33-9-8-32-4/h6-7,10-13,15-16,32-33H,5,8-9,14H2,1-4H3,(H,36,37)/t16-/m0/s1. The number of anilines is 2. The number of hydrogen-bond donors (Lipinski definition) is 3. The van der Waals surface area contributed by atoms with Crippen molar-refractivity contribution in [1.82, 2.24) is 15.3 Å². The number of halogens is 4. The maximum absolute atomic E-state index is 13.5. The van der Waals surface area contributed by atoms with Gasteiger partial charge in [0.1, 0.15) is 12.1 Å². The SMILES string of the molecule is CC[C@H](C)COc1c(C)ncnc1Oc1cc(C(=O)Nc2cc(NCCNC)cc(C(F)(F)F)c2)ccc1Cl. The molecule has 1 aromatic heterocycles. The van der Waals surface area contributed by atoms with Crippen molar-refractivity contribution in [2.24, 2.45) is 5.92 Å². The number of alkyl halides is 3. The lowest BCUT2D eigenvalue weighted by Crippen LogP contribution is -2.18. The predicted octanol–water partition coefficient (Wildman–Crippen LogP) is 6.56. The summed E-state index contributed by atoms with van der Waals surface area (Å²) in [6.07, 6.45) is -2.35. The molecule has 1 atom stereocenters. The number of carbonyl (C=O) groups is 1. The fourth-order valence-electron chi connectivity index (χ4n) is 3.35. The number of rotatable bonds is 12. The molecule has 39 heavy (non-hydrogen) atoms. The molecule has 12 heteroatoms. The molecule has 8 nitrogen and oxygen atoms in total. The van der Waals surface area contributed by atoms with Crippen LogP contribution in [0.1, 0.15) is 41.9 Å². The highest BCUT2D eigenvalue weighted by Gasteiger charge is 2.31. The van der Waals surface area contributed by atoms with E-state index in [-0.39, 0.29) is 33.6 Å². The molecule has 0 spiro atoms. The molecule has 0 bridgehead atoms. The number of aryl methyl sites for hydroxylation is 1. The van der Waals surface area contributed by atoms with E-state index in [0.717, 1.165) is 18.6 Å². The Kier molecular flexibility index (Phi) is 10.4. The molecule has 0 aliphatic rings. The van der Waals surface area contributed by atoms with E-state index in [4.69, 9.17) is 21.1 Å². The van der Waals surface area contributed by atoms with Crippen molar-refractivity contribution in [2.45, 2.75) is 33.4 Å². The van der Waals surface area contributed by atoms with Crippen molar-refractivity contribution < 1.29 is 27.4 Å². The van der Waals surface area contributed by atoms with Crippen LogP contribution < -0.4 is 25.4 Å². The molecule has 3 rings (SSSR count). The number of ether oxygens (including phenoxy) is 2. The predicted molar refractivity (Wildman–Crippen MR) is 145 cm³/mol. The second kappa shape index (κ2) is 13.5. The molecule has 0 aliphatic carbocycles. The zero-order valence-electron chi connectivity index (χ0n) is 22.1. The third-order valence-electron chi connectivity index (χ3n) is 5.78. The molecule has 3 aromatic rings. The number of aromatic nitrogens is 2. The van der Waals surface area contributed by atoms with Gasteiger partial charge in [-0.2, -0.15) is 18.2 Å². The largest absolute Gasteiger partial charge is 0.486 e. The van der Waals surface area contributed by atoms with Gasteiger partial charge in [-0.3, -0.25) is 4.79 Å². The lowest BCUT2D eigenvalue weighted by atomic mass is 10.1. The third-order valence-corrected chi connectivity index (χ3v) is 6.09. The first kappa shape index (κ1) is 30.0. The molecule has 0 radical (unpaired) electrons. The van der Waals surface area contributed by atoms with Gasteiger partial charge in [0.05, 0.1) is 22.9 Å². The summed E-state index contributed by atoms with van der Waals surface area (Å²) in [5.74, 6) is 0.243. The first-order chi connectivity index (χ1) is 18.5. The summed E-state index contributed by atoms with van der Waals surface area (Å²) in [6.45, 7) is 7.22. The summed E-state index contributed by atoms with van der Waals surface area (Å²) >= 11 is 6.33. The number of nitrogens with one attached hydrogen (secondary N) is 3. The van der Waals surface area contributed by atoms with Crippen molar-refractivity contribution in [3.63, 3.8) is 0 Å². The van der Waals surface area contributed by atoms with Crippen LogP contribution in [0, 0.1) is 12.8 Å². The highest BCUT2D eigenvalue weighted by Crippen LogP contribution is 2.36. The summed E-state index contributed by atoms with van der Waals surface area (Å²) in [6, 6.07) is 7.57. The van der Waals surface area contributed by atoms with Gasteiger partial charge in [-0.05, 0) is 56.3 Å². The van der Waals surface area contributed by atoms with E-state index in [9.17, 15) is 18.0 Å². The Hall–Kier alpha value is -3.57. The fraction of sp³-hybridized carbons (Fsp3) is 0.370. The Labute approximate surface area is 230 Å². The second-order valence-corrected chi connectivity index (χ2v) is 9.35. The average molecular weight is 566 g/mol. The number of amides is 1. The van der Waals surface area contributed by atoms with Gasteiger partial charge >= 0.3 is 6.18 Å². The van der Waals surface area contributed by atoms with Gasteiger partial charge in [-0.1, -0.05) is 31.9 Å².